The van der Waals surface area contributed by atoms with Gasteiger partial charge in [0.25, 0.3) is 0 Å². The summed E-state index contributed by atoms with van der Waals surface area (Å²) in [6, 6.07) is 19.3. The first kappa shape index (κ1) is 25.6. The molecule has 0 bridgehead atoms. The summed E-state index contributed by atoms with van der Waals surface area (Å²) in [5, 5.41) is 12.9. The number of aliphatic carboxylic acids is 1. The van der Waals surface area contributed by atoms with Crippen molar-refractivity contribution < 1.29 is 19.1 Å². The van der Waals surface area contributed by atoms with Crippen molar-refractivity contribution in [2.45, 2.75) is 45.4 Å². The number of nitrogens with one attached hydrogen (secondary N) is 1. The summed E-state index contributed by atoms with van der Waals surface area (Å²) >= 11 is 3.50. The molecule has 4 rings (SSSR count). The summed E-state index contributed by atoms with van der Waals surface area (Å²) in [6.45, 7) is 5.59. The van der Waals surface area contributed by atoms with Crippen LogP contribution in [-0.2, 0) is 17.8 Å². The molecule has 0 aliphatic rings. The fraction of sp³-hybridized carbons (Fsp3) is 0.250. The zero-order valence-electron chi connectivity index (χ0n) is 20.4. The number of carbonyl (C=O) groups is 1. The van der Waals surface area contributed by atoms with Gasteiger partial charge in [0.1, 0.15) is 11.5 Å². The average molecular weight is 550 g/mol. The molecule has 0 radical (unpaired) electrons. The number of rotatable bonds is 10. The predicted molar refractivity (Wildman–Crippen MR) is 141 cm³/mol. The van der Waals surface area contributed by atoms with Crippen LogP contribution in [0.1, 0.15) is 42.5 Å². The summed E-state index contributed by atoms with van der Waals surface area (Å²) in [6.07, 6.45) is 4.20. The second kappa shape index (κ2) is 11.1. The number of hydrogen-bond donors (Lipinski definition) is 2. The number of ether oxygens (including phenoxy) is 1. The molecule has 36 heavy (non-hydrogen) atoms. The molecule has 1 atom stereocenters. The van der Waals surface area contributed by atoms with Crippen molar-refractivity contribution in [1.82, 2.24) is 15.3 Å². The smallest absolute Gasteiger partial charge is 0.347 e. The van der Waals surface area contributed by atoms with E-state index in [2.05, 4.69) is 26.2 Å². The van der Waals surface area contributed by atoms with Crippen LogP contribution in [0, 0.1) is 6.92 Å². The van der Waals surface area contributed by atoms with Crippen LogP contribution in [0.3, 0.4) is 0 Å². The Bertz CT molecular complexity index is 1320. The number of halogens is 1. The lowest BCUT2D eigenvalue weighted by Crippen LogP contribution is -2.37. The normalized spacial score (nSPS) is 12.3. The maximum Gasteiger partial charge on any atom is 0.347 e. The highest BCUT2D eigenvalue weighted by Crippen LogP contribution is 2.27. The van der Waals surface area contributed by atoms with E-state index in [9.17, 15) is 9.90 Å². The van der Waals surface area contributed by atoms with Crippen LogP contribution in [-0.4, -0.2) is 26.6 Å². The van der Waals surface area contributed by atoms with Gasteiger partial charge in [-0.25, -0.2) is 9.78 Å². The SMILES string of the molecule is Cc1oc(-c2cccc(Br)c2)nc1CC(NCc1ccc(OC(C)(C)C(=O)O)cc1)c1ccncc1. The number of hydrogen-bond acceptors (Lipinski definition) is 6. The molecule has 186 valence electrons. The summed E-state index contributed by atoms with van der Waals surface area (Å²) in [4.78, 5) is 20.3. The Hall–Kier alpha value is -3.49. The minimum atomic E-state index is -1.30. The van der Waals surface area contributed by atoms with E-state index in [0.29, 0.717) is 24.6 Å². The van der Waals surface area contributed by atoms with Gasteiger partial charge in [-0.15, -0.1) is 0 Å². The van der Waals surface area contributed by atoms with Crippen molar-refractivity contribution in [3.63, 3.8) is 0 Å². The van der Waals surface area contributed by atoms with Crippen molar-refractivity contribution in [3.8, 4) is 17.2 Å². The topological polar surface area (TPSA) is 97.5 Å². The summed E-state index contributed by atoms with van der Waals surface area (Å²) in [7, 11) is 0. The molecule has 0 aliphatic carbocycles. The van der Waals surface area contributed by atoms with E-state index in [-0.39, 0.29) is 6.04 Å². The zero-order chi connectivity index (χ0) is 25.7. The van der Waals surface area contributed by atoms with E-state index in [1.54, 1.807) is 24.5 Å². The highest BCUT2D eigenvalue weighted by molar-refractivity contribution is 9.10. The molecule has 0 amide bonds. The molecule has 0 aliphatic heterocycles. The van der Waals surface area contributed by atoms with E-state index in [1.807, 2.05) is 55.5 Å². The fourth-order valence-corrected chi connectivity index (χ4v) is 4.11. The first-order valence-corrected chi connectivity index (χ1v) is 12.4. The number of aromatic nitrogens is 2. The number of carboxylic acid groups (broad SMARTS) is 1. The van der Waals surface area contributed by atoms with E-state index < -0.39 is 11.6 Å². The van der Waals surface area contributed by atoms with Crippen LogP contribution >= 0.6 is 15.9 Å². The Kier molecular flexibility index (Phi) is 7.86. The molecule has 4 aromatic rings. The van der Waals surface area contributed by atoms with Gasteiger partial charge in [-0.1, -0.05) is 34.1 Å². The summed E-state index contributed by atoms with van der Waals surface area (Å²) in [5.41, 5.74) is 2.65. The lowest BCUT2D eigenvalue weighted by Gasteiger charge is -2.22. The zero-order valence-corrected chi connectivity index (χ0v) is 22.0. The van der Waals surface area contributed by atoms with E-state index in [0.717, 1.165) is 32.6 Å². The highest BCUT2D eigenvalue weighted by atomic mass is 79.9. The highest BCUT2D eigenvalue weighted by Gasteiger charge is 2.29. The molecule has 2 heterocycles. The maximum absolute atomic E-state index is 11.3. The second-order valence-corrected chi connectivity index (χ2v) is 9.93. The van der Waals surface area contributed by atoms with Gasteiger partial charge in [-0.3, -0.25) is 4.98 Å². The number of pyridine rings is 1. The van der Waals surface area contributed by atoms with Gasteiger partial charge in [0.2, 0.25) is 5.89 Å². The molecule has 0 saturated carbocycles. The molecular formula is C28H28BrN3O4. The monoisotopic (exact) mass is 549 g/mol. The molecule has 7 nitrogen and oxygen atoms in total. The van der Waals surface area contributed by atoms with Crippen molar-refractivity contribution in [2.24, 2.45) is 0 Å². The third-order valence-corrected chi connectivity index (χ3v) is 6.33. The predicted octanol–water partition coefficient (Wildman–Crippen LogP) is 6.12. The fourth-order valence-electron chi connectivity index (χ4n) is 3.71. The van der Waals surface area contributed by atoms with Gasteiger partial charge in [-0.2, -0.15) is 0 Å². The molecule has 1 unspecified atom stereocenters. The third kappa shape index (κ3) is 6.38. The Morgan fingerprint density at radius 2 is 1.86 bits per heavy atom. The van der Waals surface area contributed by atoms with E-state index >= 15 is 0 Å². The molecular weight excluding hydrogens is 522 g/mol. The molecule has 2 aromatic carbocycles. The van der Waals surface area contributed by atoms with Gasteiger partial charge in [0.15, 0.2) is 5.60 Å². The second-order valence-electron chi connectivity index (χ2n) is 9.01. The molecule has 0 spiro atoms. The minimum absolute atomic E-state index is 0.0194. The molecule has 0 fully saturated rings. The lowest BCUT2D eigenvalue weighted by atomic mass is 10.0. The van der Waals surface area contributed by atoms with Crippen LogP contribution < -0.4 is 10.1 Å². The maximum atomic E-state index is 11.3. The first-order chi connectivity index (χ1) is 17.2. The quantitative estimate of drug-likeness (QED) is 0.245. The van der Waals surface area contributed by atoms with Crippen LogP contribution in [0.5, 0.6) is 5.75 Å². The van der Waals surface area contributed by atoms with Crippen molar-refractivity contribution in [2.75, 3.05) is 0 Å². The number of nitrogens with zero attached hydrogens (tertiary/aromatic N) is 2. The van der Waals surface area contributed by atoms with Gasteiger partial charge in [0.05, 0.1) is 5.69 Å². The van der Waals surface area contributed by atoms with Crippen LogP contribution in [0.4, 0.5) is 0 Å². The summed E-state index contributed by atoms with van der Waals surface area (Å²) in [5.74, 6) is 0.875. The average Bonchev–Trinajstić information content (AvgIpc) is 3.23. The number of carboxylic acids is 1. The third-order valence-electron chi connectivity index (χ3n) is 5.83. The van der Waals surface area contributed by atoms with E-state index in [4.69, 9.17) is 14.1 Å². The van der Waals surface area contributed by atoms with Crippen LogP contribution in [0.25, 0.3) is 11.5 Å². The van der Waals surface area contributed by atoms with Gasteiger partial charge in [-0.05, 0) is 74.4 Å². The van der Waals surface area contributed by atoms with Gasteiger partial charge < -0.3 is 19.6 Å². The van der Waals surface area contributed by atoms with Crippen molar-refractivity contribution in [1.29, 1.82) is 0 Å². The van der Waals surface area contributed by atoms with Crippen molar-refractivity contribution >= 4 is 21.9 Å². The Balaban J connectivity index is 1.49. The first-order valence-electron chi connectivity index (χ1n) is 11.6. The lowest BCUT2D eigenvalue weighted by molar-refractivity contribution is -0.152. The van der Waals surface area contributed by atoms with Gasteiger partial charge >= 0.3 is 5.97 Å². The van der Waals surface area contributed by atoms with Crippen LogP contribution in [0.15, 0.2) is 81.9 Å². The Labute approximate surface area is 218 Å². The van der Waals surface area contributed by atoms with Crippen molar-refractivity contribution in [3.05, 3.63) is 100 Å². The molecule has 2 aromatic heterocycles. The number of oxazole rings is 1. The largest absolute Gasteiger partial charge is 0.478 e. The van der Waals surface area contributed by atoms with Gasteiger partial charge in [0, 0.05) is 41.4 Å². The number of benzene rings is 2. The standard InChI is InChI=1S/C28H28BrN3O4/c1-18-24(32-26(35-18)21-5-4-6-22(29)15-21)16-25(20-11-13-30-14-12-20)31-17-19-7-9-23(10-8-19)36-28(2,3)27(33)34/h4-15,25,31H,16-17H2,1-3H3,(H,33,34). The molecule has 8 heteroatoms. The Morgan fingerprint density at radius 1 is 1.14 bits per heavy atom. The molecule has 2 N–H and O–H groups in total. The van der Waals surface area contributed by atoms with E-state index in [1.165, 1.54) is 13.8 Å². The van der Waals surface area contributed by atoms with Crippen LogP contribution in [0.2, 0.25) is 0 Å². The molecule has 0 saturated heterocycles. The summed E-state index contributed by atoms with van der Waals surface area (Å²) < 4.78 is 12.6. The minimum Gasteiger partial charge on any atom is -0.478 e. The number of aryl methyl sites for hydroxylation is 1. The Morgan fingerprint density at radius 3 is 2.53 bits per heavy atom.